The number of oxazole rings is 1. The van der Waals surface area contributed by atoms with Crippen molar-refractivity contribution in [2.75, 3.05) is 0 Å². The summed E-state index contributed by atoms with van der Waals surface area (Å²) in [4.78, 5) is 8.81. The van der Waals surface area contributed by atoms with Gasteiger partial charge in [0.05, 0.1) is 11.9 Å². The number of thioether (sulfide) groups is 1. The lowest BCUT2D eigenvalue weighted by Crippen LogP contribution is -1.82. The third kappa shape index (κ3) is 3.84. The maximum atomic E-state index is 13.0. The lowest BCUT2D eigenvalue weighted by atomic mass is 10.2. The summed E-state index contributed by atoms with van der Waals surface area (Å²) in [7, 11) is 0. The zero-order valence-electron chi connectivity index (χ0n) is 13.4. The first-order valence-corrected chi connectivity index (χ1v) is 9.59. The predicted molar refractivity (Wildman–Crippen MR) is 99.0 cm³/mol. The highest BCUT2D eigenvalue weighted by Gasteiger charge is 2.10. The molecule has 26 heavy (non-hydrogen) atoms. The van der Waals surface area contributed by atoms with Gasteiger partial charge in [-0.05, 0) is 48.5 Å². The van der Waals surface area contributed by atoms with Crippen LogP contribution in [-0.2, 0) is 5.75 Å². The molecule has 2 aromatic heterocycles. The van der Waals surface area contributed by atoms with E-state index in [0.717, 1.165) is 21.8 Å². The highest BCUT2D eigenvalue weighted by molar-refractivity contribution is 7.98. The predicted octanol–water partition coefficient (Wildman–Crippen LogP) is 6.04. The van der Waals surface area contributed by atoms with Crippen molar-refractivity contribution < 1.29 is 13.2 Å². The van der Waals surface area contributed by atoms with E-state index in [1.807, 2.05) is 5.38 Å². The second kappa shape index (κ2) is 7.39. The molecule has 0 fully saturated rings. The normalized spacial score (nSPS) is 11.0. The minimum Gasteiger partial charge on any atom is -0.431 e. The number of hydrogen-bond acceptors (Lipinski definition) is 5. The van der Waals surface area contributed by atoms with Gasteiger partial charge in [0.1, 0.15) is 16.6 Å². The monoisotopic (exact) mass is 386 g/mol. The van der Waals surface area contributed by atoms with E-state index in [2.05, 4.69) is 9.97 Å². The fourth-order valence-electron chi connectivity index (χ4n) is 2.31. The summed E-state index contributed by atoms with van der Waals surface area (Å²) in [5, 5.41) is 3.34. The van der Waals surface area contributed by atoms with Crippen LogP contribution < -0.4 is 0 Å². The fourth-order valence-corrected chi connectivity index (χ4v) is 3.93. The minimum atomic E-state index is -0.289. The Morgan fingerprint density at radius 2 is 1.58 bits per heavy atom. The Balaban J connectivity index is 1.42. The molecule has 130 valence electrons. The Hall–Kier alpha value is -2.51. The molecule has 4 aromatic rings. The van der Waals surface area contributed by atoms with Crippen molar-refractivity contribution in [3.05, 3.63) is 77.4 Å². The average Bonchev–Trinajstić information content (AvgIpc) is 3.31. The molecule has 0 aliphatic heterocycles. The van der Waals surface area contributed by atoms with Gasteiger partial charge >= 0.3 is 0 Å². The zero-order valence-corrected chi connectivity index (χ0v) is 15.0. The molecule has 0 saturated heterocycles. The van der Waals surface area contributed by atoms with Crippen LogP contribution in [0.2, 0.25) is 0 Å². The molecule has 0 spiro atoms. The maximum absolute atomic E-state index is 13.0. The van der Waals surface area contributed by atoms with Crippen molar-refractivity contribution in [2.24, 2.45) is 0 Å². The van der Waals surface area contributed by atoms with E-state index < -0.39 is 0 Å². The molecule has 7 heteroatoms. The quantitative estimate of drug-likeness (QED) is 0.392. The van der Waals surface area contributed by atoms with Gasteiger partial charge in [-0.15, -0.1) is 11.3 Å². The van der Waals surface area contributed by atoms with E-state index in [1.54, 1.807) is 30.5 Å². The topological polar surface area (TPSA) is 38.9 Å². The average molecular weight is 386 g/mol. The SMILES string of the molecule is Fc1ccc(-c2cnc(SCc3csc(-c4ccc(F)cc4)n3)o2)cc1. The van der Waals surface area contributed by atoms with Crippen molar-refractivity contribution in [1.82, 2.24) is 9.97 Å². The summed E-state index contributed by atoms with van der Waals surface area (Å²) in [6.45, 7) is 0. The van der Waals surface area contributed by atoms with Crippen LogP contribution in [0, 0.1) is 11.6 Å². The Kier molecular flexibility index (Phi) is 4.81. The largest absolute Gasteiger partial charge is 0.431 e. The van der Waals surface area contributed by atoms with E-state index in [1.165, 1.54) is 47.4 Å². The molecule has 0 unspecified atom stereocenters. The molecule has 0 radical (unpaired) electrons. The number of nitrogens with zero attached hydrogens (tertiary/aromatic N) is 2. The van der Waals surface area contributed by atoms with Crippen molar-refractivity contribution in [3.8, 4) is 21.9 Å². The number of halogens is 2. The molecule has 0 bridgehead atoms. The van der Waals surface area contributed by atoms with Crippen molar-refractivity contribution in [3.63, 3.8) is 0 Å². The first-order valence-electron chi connectivity index (χ1n) is 7.72. The third-order valence-electron chi connectivity index (χ3n) is 3.60. The van der Waals surface area contributed by atoms with Crippen molar-refractivity contribution >= 4 is 23.1 Å². The van der Waals surface area contributed by atoms with E-state index >= 15 is 0 Å². The Labute approximate surface area is 156 Å². The van der Waals surface area contributed by atoms with Gasteiger partial charge in [-0.25, -0.2) is 18.7 Å². The molecule has 0 aliphatic rings. The Bertz CT molecular complexity index is 927. The summed E-state index contributed by atoms with van der Waals surface area (Å²) in [5.41, 5.74) is 2.57. The van der Waals surface area contributed by atoms with Gasteiger partial charge in [-0.3, -0.25) is 0 Å². The summed E-state index contributed by atoms with van der Waals surface area (Å²) >= 11 is 2.95. The summed E-state index contributed by atoms with van der Waals surface area (Å²) in [6, 6.07) is 12.4. The summed E-state index contributed by atoms with van der Waals surface area (Å²) < 4.78 is 31.7. The van der Waals surface area contributed by atoms with Gasteiger partial charge < -0.3 is 4.42 Å². The van der Waals surface area contributed by atoms with Crippen molar-refractivity contribution in [2.45, 2.75) is 11.0 Å². The van der Waals surface area contributed by atoms with Gasteiger partial charge in [-0.2, -0.15) is 0 Å². The van der Waals surface area contributed by atoms with E-state index in [9.17, 15) is 8.78 Å². The summed E-state index contributed by atoms with van der Waals surface area (Å²) in [5.74, 6) is 0.657. The number of benzene rings is 2. The van der Waals surface area contributed by atoms with Crippen LogP contribution in [-0.4, -0.2) is 9.97 Å². The van der Waals surface area contributed by atoms with Crippen LogP contribution in [0.25, 0.3) is 21.9 Å². The van der Waals surface area contributed by atoms with Crippen LogP contribution in [0.1, 0.15) is 5.69 Å². The molecule has 2 aromatic carbocycles. The molecular weight excluding hydrogens is 374 g/mol. The van der Waals surface area contributed by atoms with Crippen molar-refractivity contribution in [1.29, 1.82) is 0 Å². The Morgan fingerprint density at radius 1 is 0.923 bits per heavy atom. The molecule has 0 saturated carbocycles. The maximum Gasteiger partial charge on any atom is 0.256 e. The van der Waals surface area contributed by atoms with Gasteiger partial charge in [0.15, 0.2) is 5.76 Å². The fraction of sp³-hybridized carbons (Fsp3) is 0.0526. The molecule has 0 aliphatic carbocycles. The van der Waals surface area contributed by atoms with Gasteiger partial charge in [-0.1, -0.05) is 11.8 Å². The van der Waals surface area contributed by atoms with E-state index in [0.29, 0.717) is 16.7 Å². The van der Waals surface area contributed by atoms with Crippen LogP contribution in [0.15, 0.2) is 69.7 Å². The molecule has 0 atom stereocenters. The lowest BCUT2D eigenvalue weighted by molar-refractivity contribution is 0.466. The molecule has 3 nitrogen and oxygen atoms in total. The molecule has 4 rings (SSSR count). The molecular formula is C19H12F2N2OS2. The van der Waals surface area contributed by atoms with E-state index in [4.69, 9.17) is 4.42 Å². The Morgan fingerprint density at radius 3 is 2.27 bits per heavy atom. The first kappa shape index (κ1) is 16.9. The second-order valence-electron chi connectivity index (χ2n) is 5.44. The van der Waals surface area contributed by atoms with Crippen LogP contribution >= 0.6 is 23.1 Å². The standard InChI is InChI=1S/C19H12F2N2OS2/c20-14-5-1-12(2-6-14)17-9-22-19(24-17)26-11-16-10-25-18(23-16)13-3-7-15(21)8-4-13/h1-10H,11H2. The highest BCUT2D eigenvalue weighted by Crippen LogP contribution is 2.30. The van der Waals surface area contributed by atoms with E-state index in [-0.39, 0.29) is 11.6 Å². The van der Waals surface area contributed by atoms with Gasteiger partial charge in [0, 0.05) is 22.3 Å². The third-order valence-corrected chi connectivity index (χ3v) is 5.42. The highest BCUT2D eigenvalue weighted by atomic mass is 32.2. The lowest BCUT2D eigenvalue weighted by Gasteiger charge is -1.97. The van der Waals surface area contributed by atoms with Crippen LogP contribution in [0.3, 0.4) is 0 Å². The van der Waals surface area contributed by atoms with Crippen LogP contribution in [0.4, 0.5) is 8.78 Å². The second-order valence-corrected chi connectivity index (χ2v) is 7.22. The minimum absolute atomic E-state index is 0.262. The molecule has 0 N–H and O–H groups in total. The summed E-state index contributed by atoms with van der Waals surface area (Å²) in [6.07, 6.45) is 1.63. The number of hydrogen-bond donors (Lipinski definition) is 0. The van der Waals surface area contributed by atoms with Gasteiger partial charge in [0.25, 0.3) is 5.22 Å². The number of aromatic nitrogens is 2. The number of thiazole rings is 1. The molecule has 2 heterocycles. The number of rotatable bonds is 5. The smallest absolute Gasteiger partial charge is 0.256 e. The van der Waals surface area contributed by atoms with Gasteiger partial charge in [0.2, 0.25) is 0 Å². The molecule has 0 amide bonds. The van der Waals surface area contributed by atoms with Crippen LogP contribution in [0.5, 0.6) is 0 Å². The zero-order chi connectivity index (χ0) is 17.9. The first-order chi connectivity index (χ1) is 12.7.